The van der Waals surface area contributed by atoms with Crippen molar-refractivity contribution >= 4 is 6.09 Å². The molecule has 0 aromatic heterocycles. The Balaban J connectivity index is 4.52. The molecular weight excluding hydrogens is 170 g/mol. The predicted molar refractivity (Wildman–Crippen MR) is 50.2 cm³/mol. The van der Waals surface area contributed by atoms with Crippen molar-refractivity contribution in [1.82, 2.24) is 4.90 Å². The van der Waals surface area contributed by atoms with Crippen molar-refractivity contribution in [2.45, 2.75) is 19.9 Å². The van der Waals surface area contributed by atoms with Gasteiger partial charge >= 0.3 is 6.09 Å². The number of hydrogen-bond acceptors (Lipinski definition) is 3. The van der Waals surface area contributed by atoms with Crippen LogP contribution in [0.15, 0.2) is 12.8 Å². The molecule has 0 fully saturated rings. The zero-order chi connectivity index (χ0) is 10.4. The second-order valence-electron chi connectivity index (χ2n) is 3.05. The maximum absolute atomic E-state index is 11.2. The average Bonchev–Trinajstić information content (AvgIpc) is 2.12. The van der Waals surface area contributed by atoms with Crippen LogP contribution in [0.3, 0.4) is 0 Å². The summed E-state index contributed by atoms with van der Waals surface area (Å²) in [5, 5.41) is 9.05. The maximum atomic E-state index is 11.2. The van der Waals surface area contributed by atoms with Crippen molar-refractivity contribution in [2.24, 2.45) is 5.92 Å². The smallest absolute Gasteiger partial charge is 0.413 e. The highest BCUT2D eigenvalue weighted by molar-refractivity contribution is 5.69. The highest BCUT2D eigenvalue weighted by Gasteiger charge is 2.23. The molecule has 13 heavy (non-hydrogen) atoms. The molecular formula is C9H17NO3. The molecule has 1 unspecified atom stereocenters. The van der Waals surface area contributed by atoms with Crippen LogP contribution in [0.25, 0.3) is 0 Å². The van der Waals surface area contributed by atoms with Crippen LogP contribution in [0.2, 0.25) is 0 Å². The van der Waals surface area contributed by atoms with Crippen LogP contribution in [0, 0.1) is 5.92 Å². The fourth-order valence-corrected chi connectivity index (χ4v) is 1.07. The molecule has 0 saturated heterocycles. The van der Waals surface area contributed by atoms with Gasteiger partial charge in [0.15, 0.2) is 0 Å². The lowest BCUT2D eigenvalue weighted by atomic mass is 10.0. The number of carbonyl (C=O) groups excluding carboxylic acids is 1. The van der Waals surface area contributed by atoms with Crippen LogP contribution < -0.4 is 0 Å². The first-order valence-electron chi connectivity index (χ1n) is 4.18. The van der Waals surface area contributed by atoms with Crippen LogP contribution in [0.1, 0.15) is 13.8 Å². The fraction of sp³-hybridized carbons (Fsp3) is 0.667. The number of carbonyl (C=O) groups is 1. The van der Waals surface area contributed by atoms with Crippen LogP contribution in [-0.2, 0) is 4.74 Å². The number of aliphatic hydroxyl groups excluding tert-OH is 1. The Morgan fingerprint density at radius 3 is 2.46 bits per heavy atom. The Morgan fingerprint density at radius 1 is 1.69 bits per heavy atom. The highest BCUT2D eigenvalue weighted by Crippen LogP contribution is 2.11. The molecule has 0 rings (SSSR count). The van der Waals surface area contributed by atoms with E-state index in [1.54, 1.807) is 0 Å². The van der Waals surface area contributed by atoms with E-state index in [1.165, 1.54) is 18.2 Å². The average molecular weight is 187 g/mol. The largest absolute Gasteiger partial charge is 0.452 e. The van der Waals surface area contributed by atoms with E-state index >= 15 is 0 Å². The minimum atomic E-state index is -0.497. The van der Waals surface area contributed by atoms with Gasteiger partial charge in [-0.05, 0) is 5.92 Å². The molecule has 0 spiro atoms. The molecule has 76 valence electrons. The number of ether oxygens (including phenoxy) is 1. The summed E-state index contributed by atoms with van der Waals surface area (Å²) < 4.78 is 4.54. The number of rotatable bonds is 4. The van der Waals surface area contributed by atoms with E-state index in [2.05, 4.69) is 11.3 Å². The van der Waals surface area contributed by atoms with Gasteiger partial charge in [-0.2, -0.15) is 0 Å². The molecule has 0 aromatic carbocycles. The number of hydrogen-bond donors (Lipinski definition) is 1. The molecule has 4 nitrogen and oxygen atoms in total. The minimum Gasteiger partial charge on any atom is -0.452 e. The summed E-state index contributed by atoms with van der Waals surface area (Å²) >= 11 is 0. The zero-order valence-electron chi connectivity index (χ0n) is 8.36. The summed E-state index contributed by atoms with van der Waals surface area (Å²) in [5.41, 5.74) is 0. The van der Waals surface area contributed by atoms with Gasteiger partial charge in [0.1, 0.15) is 0 Å². The molecule has 0 bridgehead atoms. The second kappa shape index (κ2) is 5.59. The summed E-state index contributed by atoms with van der Waals surface area (Å²) in [4.78, 5) is 12.5. The molecule has 0 saturated carbocycles. The third kappa shape index (κ3) is 3.06. The number of methoxy groups -OCH3 is 1. The van der Waals surface area contributed by atoms with Crippen LogP contribution in [-0.4, -0.2) is 35.9 Å². The van der Waals surface area contributed by atoms with Gasteiger partial charge in [-0.3, -0.25) is 4.90 Å². The van der Waals surface area contributed by atoms with Gasteiger partial charge in [0.25, 0.3) is 0 Å². The molecule has 0 radical (unpaired) electrons. The van der Waals surface area contributed by atoms with Crippen molar-refractivity contribution in [3.63, 3.8) is 0 Å². The van der Waals surface area contributed by atoms with Crippen molar-refractivity contribution < 1.29 is 14.6 Å². The van der Waals surface area contributed by atoms with Crippen LogP contribution >= 0.6 is 0 Å². The lowest BCUT2D eigenvalue weighted by Crippen LogP contribution is -2.41. The minimum absolute atomic E-state index is 0.0984. The first-order valence-corrected chi connectivity index (χ1v) is 4.18. The van der Waals surface area contributed by atoms with E-state index in [4.69, 9.17) is 5.11 Å². The van der Waals surface area contributed by atoms with E-state index in [-0.39, 0.29) is 18.6 Å². The van der Waals surface area contributed by atoms with E-state index < -0.39 is 6.09 Å². The lowest BCUT2D eigenvalue weighted by Gasteiger charge is -2.28. The molecule has 1 N–H and O–H groups in total. The number of aliphatic hydroxyl groups is 1. The Morgan fingerprint density at radius 2 is 2.23 bits per heavy atom. The number of amides is 1. The first kappa shape index (κ1) is 12.0. The summed E-state index contributed by atoms with van der Waals surface area (Å²) in [7, 11) is 1.30. The molecule has 0 heterocycles. The molecule has 0 aliphatic heterocycles. The highest BCUT2D eigenvalue weighted by atomic mass is 16.5. The number of nitrogens with zero attached hydrogens (tertiary/aromatic N) is 1. The van der Waals surface area contributed by atoms with Gasteiger partial charge < -0.3 is 9.84 Å². The van der Waals surface area contributed by atoms with E-state index in [1.807, 2.05) is 13.8 Å². The van der Waals surface area contributed by atoms with Gasteiger partial charge in [0, 0.05) is 6.20 Å². The van der Waals surface area contributed by atoms with Gasteiger partial charge in [-0.15, -0.1) is 0 Å². The third-order valence-corrected chi connectivity index (χ3v) is 1.90. The quantitative estimate of drug-likeness (QED) is 0.719. The summed E-state index contributed by atoms with van der Waals surface area (Å²) in [6, 6.07) is -0.273. The molecule has 1 amide bonds. The fourth-order valence-electron chi connectivity index (χ4n) is 1.07. The van der Waals surface area contributed by atoms with E-state index in [0.717, 1.165) is 0 Å². The SMILES string of the molecule is C=CN(C(=O)OC)C(CO)C(C)C. The van der Waals surface area contributed by atoms with Crippen molar-refractivity contribution in [1.29, 1.82) is 0 Å². The topological polar surface area (TPSA) is 49.8 Å². The first-order chi connectivity index (χ1) is 6.08. The maximum Gasteiger partial charge on any atom is 0.413 e. The zero-order valence-corrected chi connectivity index (χ0v) is 8.36. The molecule has 0 aromatic rings. The monoisotopic (exact) mass is 187 g/mol. The second-order valence-corrected chi connectivity index (χ2v) is 3.05. The normalized spacial score (nSPS) is 12.4. The van der Waals surface area contributed by atoms with Crippen LogP contribution in [0.4, 0.5) is 4.79 Å². The summed E-state index contributed by atoms with van der Waals surface area (Å²) in [6.07, 6.45) is 0.870. The Hall–Kier alpha value is -1.03. The van der Waals surface area contributed by atoms with Crippen LogP contribution in [0.5, 0.6) is 0 Å². The Bertz CT molecular complexity index is 180. The Labute approximate surface area is 78.8 Å². The van der Waals surface area contributed by atoms with Gasteiger partial charge in [-0.25, -0.2) is 4.79 Å². The van der Waals surface area contributed by atoms with Crippen molar-refractivity contribution in [3.8, 4) is 0 Å². The van der Waals surface area contributed by atoms with E-state index in [9.17, 15) is 4.79 Å². The van der Waals surface area contributed by atoms with Crippen molar-refractivity contribution in [2.75, 3.05) is 13.7 Å². The molecule has 0 aliphatic carbocycles. The van der Waals surface area contributed by atoms with E-state index in [0.29, 0.717) is 0 Å². The van der Waals surface area contributed by atoms with Gasteiger partial charge in [0.05, 0.1) is 19.8 Å². The molecule has 4 heteroatoms. The van der Waals surface area contributed by atoms with Crippen molar-refractivity contribution in [3.05, 3.63) is 12.8 Å². The Kier molecular flexibility index (Phi) is 5.14. The molecule has 0 aliphatic rings. The molecule has 1 atom stereocenters. The van der Waals surface area contributed by atoms with Gasteiger partial charge in [-0.1, -0.05) is 20.4 Å². The third-order valence-electron chi connectivity index (χ3n) is 1.90. The predicted octanol–water partition coefficient (Wildman–Crippen LogP) is 1.22. The summed E-state index contributed by atoms with van der Waals surface area (Å²) in [6.45, 7) is 7.23. The lowest BCUT2D eigenvalue weighted by molar-refractivity contribution is 0.0915. The summed E-state index contributed by atoms with van der Waals surface area (Å²) in [5.74, 6) is 0.155. The standard InChI is InChI=1S/C9H17NO3/c1-5-10(9(12)13-4)8(6-11)7(2)3/h5,7-8,11H,1,6H2,2-4H3. The van der Waals surface area contributed by atoms with Gasteiger partial charge in [0.2, 0.25) is 0 Å².